The molecule has 0 spiro atoms. The van der Waals surface area contributed by atoms with Crippen LogP contribution in [0.4, 0.5) is 17.1 Å². The Hall–Kier alpha value is -6.42. The molecule has 0 aliphatic carbocycles. The van der Waals surface area contributed by atoms with Crippen LogP contribution in [0.25, 0.3) is 60.9 Å². The lowest BCUT2D eigenvalue weighted by molar-refractivity contribution is 1.18. The van der Waals surface area contributed by atoms with E-state index in [9.17, 15) is 0 Å². The monoisotopic (exact) mass is 694 g/mol. The van der Waals surface area contributed by atoms with Gasteiger partial charge in [0, 0.05) is 33.5 Å². The van der Waals surface area contributed by atoms with E-state index in [1.807, 2.05) is 0 Å². The summed E-state index contributed by atoms with van der Waals surface area (Å²) in [6, 6.07) is 71.1. The maximum Gasteiger partial charge on any atom is 0.113 e. The molecular weight excluding hydrogens is 657 g/mol. The number of para-hydroxylation sites is 3. The summed E-state index contributed by atoms with van der Waals surface area (Å²) in [6.07, 6.45) is 0. The molecule has 0 fully saturated rings. The summed E-state index contributed by atoms with van der Waals surface area (Å²) < 4.78 is 2.37. The van der Waals surface area contributed by atoms with Crippen molar-refractivity contribution < 1.29 is 0 Å². The van der Waals surface area contributed by atoms with Gasteiger partial charge < -0.3 is 9.47 Å². The molecule has 0 unspecified atom stereocenters. The van der Waals surface area contributed by atoms with Crippen molar-refractivity contribution in [3.8, 4) is 39.1 Å². The molecular formula is C50H38N2Si. The summed E-state index contributed by atoms with van der Waals surface area (Å²) in [6.45, 7) is 4.97. The molecule has 0 bridgehead atoms. The molecule has 2 heterocycles. The third kappa shape index (κ3) is 5.15. The SMILES string of the molecule is C[Si]1(C)c2ccccc2-c2ccc(N(c3ccccc3)c3ccc(-c4ccc(-c5ccc6c(c5)c5ccccc5n6-c5ccccc5)cc4)cc3)cc21. The van der Waals surface area contributed by atoms with Gasteiger partial charge in [0.2, 0.25) is 0 Å². The second-order valence-electron chi connectivity index (χ2n) is 14.6. The molecule has 53 heavy (non-hydrogen) atoms. The number of anilines is 3. The Morgan fingerprint density at radius 1 is 0.377 bits per heavy atom. The Kier molecular flexibility index (Phi) is 7.31. The van der Waals surface area contributed by atoms with Crippen LogP contribution in [0.15, 0.2) is 194 Å². The molecule has 2 nitrogen and oxygen atoms in total. The van der Waals surface area contributed by atoms with Crippen molar-refractivity contribution in [3.63, 3.8) is 0 Å². The molecule has 9 aromatic rings. The van der Waals surface area contributed by atoms with Gasteiger partial charge in [-0.25, -0.2) is 0 Å². The summed E-state index contributed by atoms with van der Waals surface area (Å²) in [7, 11) is -1.81. The van der Waals surface area contributed by atoms with Crippen LogP contribution < -0.4 is 15.3 Å². The van der Waals surface area contributed by atoms with Crippen LogP contribution in [0.1, 0.15) is 0 Å². The topological polar surface area (TPSA) is 8.17 Å². The number of rotatable bonds is 6. The van der Waals surface area contributed by atoms with E-state index in [1.54, 1.807) is 0 Å². The minimum Gasteiger partial charge on any atom is -0.311 e. The van der Waals surface area contributed by atoms with Crippen LogP contribution in [-0.4, -0.2) is 12.6 Å². The Balaban J connectivity index is 0.974. The molecule has 0 radical (unpaired) electrons. The van der Waals surface area contributed by atoms with Crippen LogP contribution in [-0.2, 0) is 0 Å². The van der Waals surface area contributed by atoms with Gasteiger partial charge in [-0.1, -0.05) is 140 Å². The van der Waals surface area contributed by atoms with Crippen molar-refractivity contribution in [2.24, 2.45) is 0 Å². The summed E-state index contributed by atoms with van der Waals surface area (Å²) in [5, 5.41) is 5.58. The van der Waals surface area contributed by atoms with Gasteiger partial charge in [0.15, 0.2) is 0 Å². The lowest BCUT2D eigenvalue weighted by Crippen LogP contribution is -2.49. The highest BCUT2D eigenvalue weighted by atomic mass is 28.3. The van der Waals surface area contributed by atoms with Crippen molar-refractivity contribution in [1.82, 2.24) is 4.57 Å². The lowest BCUT2D eigenvalue weighted by Gasteiger charge is -2.27. The summed E-state index contributed by atoms with van der Waals surface area (Å²) >= 11 is 0. The fourth-order valence-electron chi connectivity index (χ4n) is 8.52. The first-order valence-electron chi connectivity index (χ1n) is 18.4. The second kappa shape index (κ2) is 12.4. The van der Waals surface area contributed by atoms with Crippen molar-refractivity contribution in [3.05, 3.63) is 194 Å². The van der Waals surface area contributed by atoms with Crippen molar-refractivity contribution in [2.75, 3.05) is 4.90 Å². The van der Waals surface area contributed by atoms with Crippen LogP contribution in [0.3, 0.4) is 0 Å². The van der Waals surface area contributed by atoms with Crippen molar-refractivity contribution in [2.45, 2.75) is 13.1 Å². The minimum absolute atomic E-state index is 1.15. The van der Waals surface area contributed by atoms with Crippen LogP contribution in [0.5, 0.6) is 0 Å². The van der Waals surface area contributed by atoms with Gasteiger partial charge in [0.05, 0.1) is 11.0 Å². The van der Waals surface area contributed by atoms with E-state index in [0.29, 0.717) is 0 Å². The molecule has 1 aliphatic rings. The predicted octanol–water partition coefficient (Wildman–Crippen LogP) is 12.4. The maximum atomic E-state index is 2.48. The maximum absolute atomic E-state index is 2.48. The zero-order valence-electron chi connectivity index (χ0n) is 29.9. The van der Waals surface area contributed by atoms with E-state index in [-0.39, 0.29) is 0 Å². The second-order valence-corrected chi connectivity index (χ2v) is 18.9. The van der Waals surface area contributed by atoms with E-state index >= 15 is 0 Å². The molecule has 0 saturated carbocycles. The number of fused-ring (bicyclic) bond motifs is 6. The van der Waals surface area contributed by atoms with Crippen LogP contribution >= 0.6 is 0 Å². The standard InChI is InChI=1S/C50H38N2Si/c1-53(2)49-20-12-10-18-44(49)45-31-30-42(34-50(45)53)51(39-13-5-3-6-14-39)41-28-25-36(26-29-41)35-21-23-37(24-22-35)38-27-32-48-46(33-38)43-17-9-11-19-47(43)52(48)40-15-7-4-8-16-40/h3-34H,1-2H3. The van der Waals surface area contributed by atoms with E-state index in [4.69, 9.17) is 0 Å². The van der Waals surface area contributed by atoms with E-state index in [2.05, 4.69) is 217 Å². The Morgan fingerprint density at radius 3 is 1.66 bits per heavy atom. The average Bonchev–Trinajstić information content (AvgIpc) is 3.67. The quantitative estimate of drug-likeness (QED) is 0.157. The van der Waals surface area contributed by atoms with Crippen LogP contribution in [0, 0.1) is 0 Å². The van der Waals surface area contributed by atoms with E-state index in [0.717, 1.165) is 11.4 Å². The Labute approximate surface area is 311 Å². The Morgan fingerprint density at radius 2 is 0.906 bits per heavy atom. The van der Waals surface area contributed by atoms with Gasteiger partial charge >= 0.3 is 0 Å². The van der Waals surface area contributed by atoms with Crippen LogP contribution in [0.2, 0.25) is 13.1 Å². The van der Waals surface area contributed by atoms with Crippen molar-refractivity contribution >= 4 is 57.3 Å². The largest absolute Gasteiger partial charge is 0.311 e. The van der Waals surface area contributed by atoms with Gasteiger partial charge in [-0.2, -0.15) is 0 Å². The summed E-state index contributed by atoms with van der Waals surface area (Å²) in [5.41, 5.74) is 14.8. The molecule has 1 aliphatic heterocycles. The zero-order valence-corrected chi connectivity index (χ0v) is 30.9. The highest BCUT2D eigenvalue weighted by molar-refractivity contribution is 7.03. The number of benzene rings is 8. The fraction of sp³-hybridized carbons (Fsp3) is 0.0400. The molecule has 0 amide bonds. The molecule has 252 valence electrons. The third-order valence-electron chi connectivity index (χ3n) is 11.2. The number of hydrogen-bond acceptors (Lipinski definition) is 1. The highest BCUT2D eigenvalue weighted by Gasteiger charge is 2.37. The van der Waals surface area contributed by atoms with Gasteiger partial charge in [-0.15, -0.1) is 0 Å². The summed E-state index contributed by atoms with van der Waals surface area (Å²) in [5.74, 6) is 0. The summed E-state index contributed by atoms with van der Waals surface area (Å²) in [4.78, 5) is 2.39. The zero-order chi connectivity index (χ0) is 35.5. The number of aromatic nitrogens is 1. The average molecular weight is 695 g/mol. The highest BCUT2D eigenvalue weighted by Crippen LogP contribution is 2.39. The van der Waals surface area contributed by atoms with E-state index < -0.39 is 8.07 Å². The normalized spacial score (nSPS) is 12.9. The van der Waals surface area contributed by atoms with Gasteiger partial charge in [0.1, 0.15) is 8.07 Å². The molecule has 10 rings (SSSR count). The predicted molar refractivity (Wildman–Crippen MR) is 229 cm³/mol. The third-order valence-corrected chi connectivity index (χ3v) is 14.7. The first-order chi connectivity index (χ1) is 26.0. The van der Waals surface area contributed by atoms with Gasteiger partial charge in [-0.05, 0) is 110 Å². The Bertz CT molecular complexity index is 2780. The smallest absolute Gasteiger partial charge is 0.113 e. The first-order valence-corrected chi connectivity index (χ1v) is 21.4. The van der Waals surface area contributed by atoms with E-state index in [1.165, 1.54) is 76.9 Å². The molecule has 0 saturated heterocycles. The van der Waals surface area contributed by atoms with Crippen molar-refractivity contribution in [1.29, 1.82) is 0 Å². The lowest BCUT2D eigenvalue weighted by atomic mass is 9.98. The fourth-order valence-corrected chi connectivity index (χ4v) is 11.6. The minimum atomic E-state index is -1.81. The molecule has 0 atom stereocenters. The molecule has 0 N–H and O–H groups in total. The van der Waals surface area contributed by atoms with Gasteiger partial charge in [-0.3, -0.25) is 0 Å². The number of nitrogens with zero attached hydrogens (tertiary/aromatic N) is 2. The van der Waals surface area contributed by atoms with Gasteiger partial charge in [0.25, 0.3) is 0 Å². The molecule has 3 heteroatoms. The molecule has 1 aromatic heterocycles. The first kappa shape index (κ1) is 31.3. The molecule has 8 aromatic carbocycles. The number of hydrogen-bond donors (Lipinski definition) is 0.